The molecule has 0 aliphatic rings. The highest BCUT2D eigenvalue weighted by Crippen LogP contribution is 2.40. The van der Waals surface area contributed by atoms with Crippen LogP contribution in [0.4, 0.5) is 0 Å². The number of hydrogen-bond acceptors (Lipinski definition) is 6. The average Bonchev–Trinajstić information content (AvgIpc) is 2.54. The molecule has 1 aromatic rings. The fourth-order valence-corrected chi connectivity index (χ4v) is 1.93. The highest BCUT2D eigenvalue weighted by Gasteiger charge is 2.19. The van der Waals surface area contributed by atoms with Gasteiger partial charge in [0.2, 0.25) is 5.75 Å². The third-order valence-corrected chi connectivity index (χ3v) is 3.06. The normalized spacial score (nSPS) is 11.1. The Morgan fingerprint density at radius 3 is 2.05 bits per heavy atom. The van der Waals surface area contributed by atoms with Crippen LogP contribution in [0.1, 0.15) is 19.4 Å². The Bertz CT molecular complexity index is 603. The molecule has 0 amide bonds. The van der Waals surface area contributed by atoms with Gasteiger partial charge in [-0.05, 0) is 37.1 Å². The number of hydrogen-bond donors (Lipinski definition) is 0. The van der Waals surface area contributed by atoms with Gasteiger partial charge in [-0.1, -0.05) is 0 Å². The van der Waals surface area contributed by atoms with Crippen LogP contribution in [0.25, 0.3) is 5.57 Å². The lowest BCUT2D eigenvalue weighted by atomic mass is 10.0. The van der Waals surface area contributed by atoms with Gasteiger partial charge in [0.05, 0.1) is 27.9 Å². The van der Waals surface area contributed by atoms with Crippen molar-refractivity contribution < 1.29 is 23.7 Å². The summed E-state index contributed by atoms with van der Waals surface area (Å²) in [5.41, 5.74) is 1.02. The minimum absolute atomic E-state index is 0.0591. The first-order chi connectivity index (χ1) is 10.5. The molecule has 0 N–H and O–H groups in total. The van der Waals surface area contributed by atoms with Crippen molar-refractivity contribution in [3.05, 3.63) is 23.3 Å². The Morgan fingerprint density at radius 2 is 1.68 bits per heavy atom. The van der Waals surface area contributed by atoms with Crippen LogP contribution in [-0.2, 0) is 9.53 Å². The van der Waals surface area contributed by atoms with E-state index in [2.05, 4.69) is 0 Å². The summed E-state index contributed by atoms with van der Waals surface area (Å²) in [6, 6.07) is 5.23. The first kappa shape index (κ1) is 17.4. The molecule has 0 atom stereocenters. The highest BCUT2D eigenvalue weighted by atomic mass is 16.5. The van der Waals surface area contributed by atoms with Crippen molar-refractivity contribution in [1.82, 2.24) is 0 Å². The summed E-state index contributed by atoms with van der Waals surface area (Å²) >= 11 is 0. The van der Waals surface area contributed by atoms with Crippen LogP contribution in [0.15, 0.2) is 17.7 Å². The molecule has 0 heterocycles. The molecule has 0 aliphatic heterocycles. The predicted octanol–water partition coefficient (Wildman–Crippen LogP) is 2.57. The van der Waals surface area contributed by atoms with Gasteiger partial charge in [-0.25, -0.2) is 4.79 Å². The maximum absolute atomic E-state index is 11.8. The second-order valence-electron chi connectivity index (χ2n) is 4.25. The zero-order valence-corrected chi connectivity index (χ0v) is 13.4. The average molecular weight is 305 g/mol. The molecule has 0 saturated carbocycles. The van der Waals surface area contributed by atoms with Crippen molar-refractivity contribution >= 4 is 11.5 Å². The lowest BCUT2D eigenvalue weighted by Gasteiger charge is -2.15. The lowest BCUT2D eigenvalue weighted by Crippen LogP contribution is -2.08. The molecule has 0 saturated heterocycles. The molecular formula is C16H19NO5. The molecule has 0 aromatic heterocycles. The van der Waals surface area contributed by atoms with Gasteiger partial charge in [-0.2, -0.15) is 5.26 Å². The summed E-state index contributed by atoms with van der Waals surface area (Å²) in [5.74, 6) is 0.669. The second-order valence-corrected chi connectivity index (χ2v) is 4.25. The highest BCUT2D eigenvalue weighted by molar-refractivity contribution is 6.01. The molecule has 0 unspecified atom stereocenters. The maximum atomic E-state index is 11.8. The van der Waals surface area contributed by atoms with Crippen LogP contribution in [0.3, 0.4) is 0 Å². The molecule has 0 fully saturated rings. The first-order valence-corrected chi connectivity index (χ1v) is 6.62. The van der Waals surface area contributed by atoms with Crippen LogP contribution in [-0.4, -0.2) is 33.9 Å². The molecule has 0 radical (unpaired) electrons. The molecule has 118 valence electrons. The van der Waals surface area contributed by atoms with Gasteiger partial charge in [-0.15, -0.1) is 0 Å². The number of nitriles is 1. The molecule has 6 heteroatoms. The van der Waals surface area contributed by atoms with E-state index in [9.17, 15) is 10.1 Å². The summed E-state index contributed by atoms with van der Waals surface area (Å²) in [5, 5.41) is 9.21. The van der Waals surface area contributed by atoms with E-state index in [0.29, 0.717) is 28.4 Å². The van der Waals surface area contributed by atoms with Crippen molar-refractivity contribution in [3.63, 3.8) is 0 Å². The summed E-state index contributed by atoms with van der Waals surface area (Å²) in [4.78, 5) is 11.8. The fraction of sp³-hybridized carbons (Fsp3) is 0.375. The number of rotatable bonds is 6. The van der Waals surface area contributed by atoms with Crippen LogP contribution < -0.4 is 14.2 Å². The molecule has 0 spiro atoms. The molecule has 22 heavy (non-hydrogen) atoms. The lowest BCUT2D eigenvalue weighted by molar-refractivity contribution is -0.137. The quantitative estimate of drug-likeness (QED) is 0.456. The van der Waals surface area contributed by atoms with E-state index < -0.39 is 5.97 Å². The number of esters is 1. The van der Waals surface area contributed by atoms with Crippen molar-refractivity contribution in [2.45, 2.75) is 13.8 Å². The van der Waals surface area contributed by atoms with Crippen LogP contribution in [0.2, 0.25) is 0 Å². The van der Waals surface area contributed by atoms with Gasteiger partial charge in [0.25, 0.3) is 0 Å². The number of benzene rings is 1. The first-order valence-electron chi connectivity index (χ1n) is 6.62. The summed E-state index contributed by atoms with van der Waals surface area (Å²) < 4.78 is 20.7. The predicted molar refractivity (Wildman–Crippen MR) is 80.9 cm³/mol. The smallest absolute Gasteiger partial charge is 0.349 e. The van der Waals surface area contributed by atoms with E-state index in [0.717, 1.165) is 0 Å². The summed E-state index contributed by atoms with van der Waals surface area (Å²) in [7, 11) is 4.50. The van der Waals surface area contributed by atoms with E-state index in [4.69, 9.17) is 18.9 Å². The number of allylic oxidation sites excluding steroid dienone is 1. The Labute approximate surface area is 129 Å². The Balaban J connectivity index is 3.48. The third-order valence-electron chi connectivity index (χ3n) is 3.06. The molecule has 1 rings (SSSR count). The van der Waals surface area contributed by atoms with E-state index in [-0.39, 0.29) is 12.2 Å². The zero-order chi connectivity index (χ0) is 16.7. The van der Waals surface area contributed by atoms with Crippen LogP contribution >= 0.6 is 0 Å². The topological polar surface area (TPSA) is 77.8 Å². The van der Waals surface area contributed by atoms with Gasteiger partial charge in [0.1, 0.15) is 11.6 Å². The van der Waals surface area contributed by atoms with Gasteiger partial charge in [-0.3, -0.25) is 0 Å². The second kappa shape index (κ2) is 7.93. The van der Waals surface area contributed by atoms with E-state index in [1.54, 1.807) is 26.0 Å². The number of carbonyl (C=O) groups is 1. The molecular weight excluding hydrogens is 286 g/mol. The van der Waals surface area contributed by atoms with E-state index >= 15 is 0 Å². The SMILES string of the molecule is CCOC(=O)C(C#N)=C(C)c1cc(OC)c(OC)c(OC)c1. The zero-order valence-electron chi connectivity index (χ0n) is 13.4. The Morgan fingerprint density at radius 1 is 1.14 bits per heavy atom. The molecule has 6 nitrogen and oxygen atoms in total. The minimum Gasteiger partial charge on any atom is -0.493 e. The summed E-state index contributed by atoms with van der Waals surface area (Å²) in [6.45, 7) is 3.55. The monoisotopic (exact) mass is 305 g/mol. The molecule has 1 aromatic carbocycles. The minimum atomic E-state index is -0.656. The number of nitrogens with zero attached hydrogens (tertiary/aromatic N) is 1. The van der Waals surface area contributed by atoms with E-state index in [1.165, 1.54) is 21.3 Å². The van der Waals surface area contributed by atoms with Crippen molar-refractivity contribution in [3.8, 4) is 23.3 Å². The Hall–Kier alpha value is -2.68. The van der Waals surface area contributed by atoms with Crippen molar-refractivity contribution in [2.75, 3.05) is 27.9 Å². The van der Waals surface area contributed by atoms with E-state index in [1.807, 2.05) is 6.07 Å². The van der Waals surface area contributed by atoms with Crippen LogP contribution in [0.5, 0.6) is 17.2 Å². The van der Waals surface area contributed by atoms with Crippen molar-refractivity contribution in [1.29, 1.82) is 5.26 Å². The maximum Gasteiger partial charge on any atom is 0.349 e. The van der Waals surface area contributed by atoms with Crippen molar-refractivity contribution in [2.24, 2.45) is 0 Å². The number of methoxy groups -OCH3 is 3. The number of ether oxygens (including phenoxy) is 4. The standard InChI is InChI=1S/C16H19NO5/c1-6-22-16(18)12(9-17)10(2)11-7-13(19-3)15(21-5)14(8-11)20-4/h7-8H,6H2,1-5H3. The molecule has 0 aliphatic carbocycles. The third kappa shape index (κ3) is 3.50. The largest absolute Gasteiger partial charge is 0.493 e. The van der Waals surface area contributed by atoms with Gasteiger partial charge in [0.15, 0.2) is 11.5 Å². The summed E-state index contributed by atoms with van der Waals surface area (Å²) in [6.07, 6.45) is 0. The number of carbonyl (C=O) groups excluding carboxylic acids is 1. The van der Waals surface area contributed by atoms with Crippen LogP contribution in [0, 0.1) is 11.3 Å². The fourth-order valence-electron chi connectivity index (χ4n) is 1.93. The molecule has 0 bridgehead atoms. The van der Waals surface area contributed by atoms with Gasteiger partial charge < -0.3 is 18.9 Å². The van der Waals surface area contributed by atoms with Gasteiger partial charge in [0, 0.05) is 0 Å². The Kier molecular flexibility index (Phi) is 6.26. The van der Waals surface area contributed by atoms with Gasteiger partial charge >= 0.3 is 5.97 Å².